The smallest absolute Gasteiger partial charge is 0.227 e. The molecule has 24 heavy (non-hydrogen) atoms. The van der Waals surface area contributed by atoms with Crippen molar-refractivity contribution in [2.24, 2.45) is 5.92 Å². The van der Waals surface area contributed by atoms with Crippen LogP contribution in [-0.2, 0) is 4.79 Å². The van der Waals surface area contributed by atoms with Crippen LogP contribution in [0.15, 0.2) is 60.7 Å². The Bertz CT molecular complexity index is 677. The zero-order valence-corrected chi connectivity index (χ0v) is 13.9. The normalized spacial score (nSPS) is 24.5. The first-order valence-corrected chi connectivity index (χ1v) is 8.96. The topological polar surface area (TPSA) is 32.3 Å². The Morgan fingerprint density at radius 3 is 2.21 bits per heavy atom. The Hall–Kier alpha value is -2.13. The molecule has 1 aliphatic carbocycles. The molecule has 1 saturated heterocycles. The molecular weight excluding hydrogens is 296 g/mol. The van der Waals surface area contributed by atoms with E-state index in [1.165, 1.54) is 12.0 Å². The minimum atomic E-state index is 0.149. The quantitative estimate of drug-likeness (QED) is 0.927. The van der Waals surface area contributed by atoms with E-state index in [9.17, 15) is 4.79 Å². The van der Waals surface area contributed by atoms with Crippen molar-refractivity contribution in [2.75, 3.05) is 18.4 Å². The van der Waals surface area contributed by atoms with Crippen LogP contribution in [0.25, 0.3) is 0 Å². The number of nitrogens with zero attached hydrogens (tertiary/aromatic N) is 1. The number of amides is 1. The number of nitrogens with one attached hydrogen (secondary N) is 1. The van der Waals surface area contributed by atoms with E-state index < -0.39 is 0 Å². The lowest BCUT2D eigenvalue weighted by Crippen LogP contribution is -2.39. The van der Waals surface area contributed by atoms with E-state index >= 15 is 0 Å². The molecule has 2 aromatic rings. The van der Waals surface area contributed by atoms with Gasteiger partial charge in [0.05, 0.1) is 0 Å². The molecule has 2 atom stereocenters. The van der Waals surface area contributed by atoms with E-state index in [1.807, 2.05) is 30.3 Å². The molecule has 124 valence electrons. The van der Waals surface area contributed by atoms with Crippen LogP contribution in [0.1, 0.15) is 30.7 Å². The summed E-state index contributed by atoms with van der Waals surface area (Å²) in [5.41, 5.74) is 2.36. The van der Waals surface area contributed by atoms with Gasteiger partial charge in [-0.2, -0.15) is 0 Å². The second kappa shape index (κ2) is 6.78. The first-order valence-electron chi connectivity index (χ1n) is 8.96. The standard InChI is InChI=1S/C21H24N2O/c24-21(22-18-9-5-2-6-10-18)17-11-13-23(14-12-17)20-15-19(20)16-7-3-1-4-8-16/h1-10,17,19-20H,11-15H2,(H,22,24). The maximum Gasteiger partial charge on any atom is 0.227 e. The maximum absolute atomic E-state index is 12.4. The molecule has 0 aromatic heterocycles. The lowest BCUT2D eigenvalue weighted by molar-refractivity contribution is -0.121. The van der Waals surface area contributed by atoms with E-state index in [0.29, 0.717) is 12.0 Å². The highest BCUT2D eigenvalue weighted by molar-refractivity contribution is 5.92. The Balaban J connectivity index is 1.28. The minimum Gasteiger partial charge on any atom is -0.326 e. The number of benzene rings is 2. The highest BCUT2D eigenvalue weighted by Gasteiger charge is 2.43. The van der Waals surface area contributed by atoms with E-state index in [2.05, 4.69) is 40.5 Å². The van der Waals surface area contributed by atoms with Gasteiger partial charge in [-0.25, -0.2) is 0 Å². The van der Waals surface area contributed by atoms with Crippen molar-refractivity contribution in [1.29, 1.82) is 0 Å². The average molecular weight is 320 g/mol. The fraction of sp³-hybridized carbons (Fsp3) is 0.381. The Morgan fingerprint density at radius 1 is 0.917 bits per heavy atom. The van der Waals surface area contributed by atoms with Crippen molar-refractivity contribution in [3.05, 3.63) is 66.2 Å². The molecule has 1 saturated carbocycles. The Morgan fingerprint density at radius 2 is 1.54 bits per heavy atom. The molecule has 2 aliphatic rings. The zero-order chi connectivity index (χ0) is 16.4. The van der Waals surface area contributed by atoms with Crippen LogP contribution in [0.5, 0.6) is 0 Å². The largest absolute Gasteiger partial charge is 0.326 e. The molecule has 0 bridgehead atoms. The van der Waals surface area contributed by atoms with Crippen molar-refractivity contribution >= 4 is 11.6 Å². The van der Waals surface area contributed by atoms with Gasteiger partial charge in [-0.3, -0.25) is 9.69 Å². The SMILES string of the molecule is O=C(Nc1ccccc1)C1CCN(C2CC2c2ccccc2)CC1. The number of hydrogen-bond donors (Lipinski definition) is 1. The van der Waals surface area contributed by atoms with E-state index in [-0.39, 0.29) is 11.8 Å². The number of rotatable bonds is 4. The lowest BCUT2D eigenvalue weighted by Gasteiger charge is -2.31. The second-order valence-electron chi connectivity index (χ2n) is 6.99. The predicted molar refractivity (Wildman–Crippen MR) is 97.0 cm³/mol. The van der Waals surface area contributed by atoms with Gasteiger partial charge in [-0.1, -0.05) is 48.5 Å². The number of carbonyl (C=O) groups is 1. The molecule has 3 heteroatoms. The Kier molecular flexibility index (Phi) is 4.35. The number of para-hydroxylation sites is 1. The first-order chi connectivity index (χ1) is 11.8. The van der Waals surface area contributed by atoms with Crippen LogP contribution in [0.3, 0.4) is 0 Å². The van der Waals surface area contributed by atoms with Crippen LogP contribution < -0.4 is 5.32 Å². The Labute approximate surface area is 143 Å². The summed E-state index contributed by atoms with van der Waals surface area (Å²) >= 11 is 0. The van der Waals surface area contributed by atoms with Gasteiger partial charge < -0.3 is 5.32 Å². The van der Waals surface area contributed by atoms with Crippen molar-refractivity contribution in [3.8, 4) is 0 Å². The lowest BCUT2D eigenvalue weighted by atomic mass is 9.95. The number of anilines is 1. The van der Waals surface area contributed by atoms with Gasteiger partial charge in [0.15, 0.2) is 0 Å². The summed E-state index contributed by atoms with van der Waals surface area (Å²) < 4.78 is 0. The first kappa shape index (κ1) is 15.4. The number of carbonyl (C=O) groups excluding carboxylic acids is 1. The number of piperidine rings is 1. The molecule has 0 spiro atoms. The summed E-state index contributed by atoms with van der Waals surface area (Å²) in [5.74, 6) is 1.02. The molecule has 4 rings (SSSR count). The summed E-state index contributed by atoms with van der Waals surface area (Å²) in [5, 5.41) is 3.05. The maximum atomic E-state index is 12.4. The third-order valence-corrected chi connectivity index (χ3v) is 5.40. The highest BCUT2D eigenvalue weighted by atomic mass is 16.1. The van der Waals surface area contributed by atoms with Crippen LogP contribution in [0.2, 0.25) is 0 Å². The van der Waals surface area contributed by atoms with E-state index in [0.717, 1.165) is 31.6 Å². The highest BCUT2D eigenvalue weighted by Crippen LogP contribution is 2.45. The zero-order valence-electron chi connectivity index (χ0n) is 13.9. The van der Waals surface area contributed by atoms with Crippen molar-refractivity contribution in [3.63, 3.8) is 0 Å². The van der Waals surface area contributed by atoms with Gasteiger partial charge in [0.1, 0.15) is 0 Å². The summed E-state index contributed by atoms with van der Waals surface area (Å²) in [4.78, 5) is 15.0. The number of likely N-dealkylation sites (tertiary alicyclic amines) is 1. The van der Waals surface area contributed by atoms with Crippen LogP contribution in [0.4, 0.5) is 5.69 Å². The summed E-state index contributed by atoms with van der Waals surface area (Å²) in [7, 11) is 0. The fourth-order valence-electron chi connectivity index (χ4n) is 3.90. The fourth-order valence-corrected chi connectivity index (χ4v) is 3.90. The molecular formula is C21H24N2O. The predicted octanol–water partition coefficient (Wildman–Crippen LogP) is 3.89. The summed E-state index contributed by atoms with van der Waals surface area (Å²) in [6.07, 6.45) is 3.21. The van der Waals surface area contributed by atoms with Crippen LogP contribution in [-0.4, -0.2) is 29.9 Å². The molecule has 1 heterocycles. The minimum absolute atomic E-state index is 0.149. The van der Waals surface area contributed by atoms with Crippen molar-refractivity contribution < 1.29 is 4.79 Å². The third kappa shape index (κ3) is 3.36. The van der Waals surface area contributed by atoms with Gasteiger partial charge in [-0.15, -0.1) is 0 Å². The molecule has 2 fully saturated rings. The van der Waals surface area contributed by atoms with E-state index in [1.54, 1.807) is 0 Å². The average Bonchev–Trinajstić information content (AvgIpc) is 3.44. The molecule has 1 aliphatic heterocycles. The molecule has 2 aromatic carbocycles. The van der Waals surface area contributed by atoms with E-state index in [4.69, 9.17) is 0 Å². The van der Waals surface area contributed by atoms with Gasteiger partial charge >= 0.3 is 0 Å². The van der Waals surface area contributed by atoms with Gasteiger partial charge in [0, 0.05) is 23.6 Å². The van der Waals surface area contributed by atoms with Gasteiger partial charge in [0.25, 0.3) is 0 Å². The van der Waals surface area contributed by atoms with Gasteiger partial charge in [-0.05, 0) is 50.0 Å². The molecule has 2 unspecified atom stereocenters. The van der Waals surface area contributed by atoms with Crippen LogP contribution >= 0.6 is 0 Å². The van der Waals surface area contributed by atoms with Gasteiger partial charge in [0.2, 0.25) is 5.91 Å². The summed E-state index contributed by atoms with van der Waals surface area (Å²) in [6.45, 7) is 2.09. The molecule has 3 nitrogen and oxygen atoms in total. The molecule has 1 N–H and O–H groups in total. The molecule has 0 radical (unpaired) electrons. The van der Waals surface area contributed by atoms with Crippen molar-refractivity contribution in [2.45, 2.75) is 31.2 Å². The molecule has 1 amide bonds. The summed E-state index contributed by atoms with van der Waals surface area (Å²) in [6, 6.07) is 21.3. The third-order valence-electron chi connectivity index (χ3n) is 5.40. The second-order valence-corrected chi connectivity index (χ2v) is 6.99. The number of hydrogen-bond acceptors (Lipinski definition) is 2. The monoisotopic (exact) mass is 320 g/mol. The van der Waals surface area contributed by atoms with Crippen LogP contribution in [0, 0.1) is 5.92 Å². The van der Waals surface area contributed by atoms with Crippen molar-refractivity contribution in [1.82, 2.24) is 4.90 Å².